The second-order valence-electron chi connectivity index (χ2n) is 4.89. The van der Waals surface area contributed by atoms with Crippen LogP contribution in [0, 0.1) is 5.92 Å². The van der Waals surface area contributed by atoms with E-state index in [9.17, 15) is 9.59 Å². The Morgan fingerprint density at radius 2 is 2.37 bits per heavy atom. The van der Waals surface area contributed by atoms with Crippen LogP contribution in [0.25, 0.3) is 0 Å². The number of aliphatic carboxylic acids is 1. The summed E-state index contributed by atoms with van der Waals surface area (Å²) in [6.45, 7) is 3.08. The first kappa shape index (κ1) is 13.6. The van der Waals surface area contributed by atoms with Gasteiger partial charge < -0.3 is 14.5 Å². The second kappa shape index (κ2) is 5.86. The largest absolute Gasteiger partial charge is 0.481 e. The molecule has 2 rings (SSSR count). The smallest absolute Gasteiger partial charge is 0.303 e. The SMILES string of the molecule is CCc1nocc1C(=O)N1CCCC(CC(=O)O)C1. The van der Waals surface area contributed by atoms with Crippen LogP contribution in [0.15, 0.2) is 10.8 Å². The van der Waals surface area contributed by atoms with Gasteiger partial charge in [-0.15, -0.1) is 0 Å². The van der Waals surface area contributed by atoms with E-state index in [4.69, 9.17) is 9.63 Å². The number of likely N-dealkylation sites (tertiary alicyclic amines) is 1. The molecule has 1 N–H and O–H groups in total. The summed E-state index contributed by atoms with van der Waals surface area (Å²) in [4.78, 5) is 24.8. The number of amides is 1. The zero-order valence-corrected chi connectivity index (χ0v) is 11.0. The molecule has 1 atom stereocenters. The highest BCUT2D eigenvalue weighted by molar-refractivity contribution is 5.95. The molecule has 1 aromatic rings. The lowest BCUT2D eigenvalue weighted by Gasteiger charge is -2.31. The number of carbonyl (C=O) groups excluding carboxylic acids is 1. The molecule has 0 bridgehead atoms. The molecule has 0 radical (unpaired) electrons. The number of carboxylic acids is 1. The standard InChI is InChI=1S/C13H18N2O4/c1-2-11-10(8-19-14-11)13(18)15-5-3-4-9(7-15)6-12(16)17/h8-9H,2-7H2,1H3,(H,16,17). The number of hydrogen-bond acceptors (Lipinski definition) is 4. The molecule has 104 valence electrons. The third-order valence-electron chi connectivity index (χ3n) is 3.48. The van der Waals surface area contributed by atoms with Gasteiger partial charge in [-0.05, 0) is 25.2 Å². The van der Waals surface area contributed by atoms with Crippen LogP contribution < -0.4 is 0 Å². The molecule has 0 spiro atoms. The van der Waals surface area contributed by atoms with Crippen molar-refractivity contribution in [3.63, 3.8) is 0 Å². The van der Waals surface area contributed by atoms with Crippen LogP contribution >= 0.6 is 0 Å². The molecule has 1 aliphatic heterocycles. The summed E-state index contributed by atoms with van der Waals surface area (Å²) in [7, 11) is 0. The maximum absolute atomic E-state index is 12.4. The van der Waals surface area contributed by atoms with Gasteiger partial charge in [-0.2, -0.15) is 0 Å². The van der Waals surface area contributed by atoms with Crippen molar-refractivity contribution in [3.05, 3.63) is 17.5 Å². The molecule has 2 heterocycles. The molecular weight excluding hydrogens is 248 g/mol. The minimum atomic E-state index is -0.807. The van der Waals surface area contributed by atoms with Crippen molar-refractivity contribution in [2.24, 2.45) is 5.92 Å². The highest BCUT2D eigenvalue weighted by atomic mass is 16.5. The minimum absolute atomic E-state index is 0.0418. The van der Waals surface area contributed by atoms with E-state index in [2.05, 4.69) is 5.16 Å². The molecule has 19 heavy (non-hydrogen) atoms. The molecule has 1 aromatic heterocycles. The fraction of sp³-hybridized carbons (Fsp3) is 0.615. The number of rotatable bonds is 4. The summed E-state index contributed by atoms with van der Waals surface area (Å²) >= 11 is 0. The van der Waals surface area contributed by atoms with E-state index in [1.165, 1.54) is 6.26 Å². The van der Waals surface area contributed by atoms with E-state index in [1.807, 2.05) is 6.92 Å². The van der Waals surface area contributed by atoms with Gasteiger partial charge in [0.2, 0.25) is 0 Å². The molecule has 6 heteroatoms. The Balaban J connectivity index is 2.05. The summed E-state index contributed by atoms with van der Waals surface area (Å²) in [5.41, 5.74) is 1.16. The molecule has 1 unspecified atom stereocenters. The number of aryl methyl sites for hydroxylation is 1. The first-order chi connectivity index (χ1) is 9.11. The average molecular weight is 266 g/mol. The van der Waals surface area contributed by atoms with E-state index >= 15 is 0 Å². The number of hydrogen-bond donors (Lipinski definition) is 1. The Morgan fingerprint density at radius 3 is 3.05 bits per heavy atom. The summed E-state index contributed by atoms with van der Waals surface area (Å²) in [6.07, 6.45) is 3.84. The molecule has 1 aliphatic rings. The molecular formula is C13H18N2O4. The van der Waals surface area contributed by atoms with Crippen molar-refractivity contribution in [2.75, 3.05) is 13.1 Å². The fourth-order valence-corrected chi connectivity index (χ4v) is 2.52. The van der Waals surface area contributed by atoms with Gasteiger partial charge in [-0.25, -0.2) is 0 Å². The van der Waals surface area contributed by atoms with Crippen molar-refractivity contribution in [1.29, 1.82) is 0 Å². The van der Waals surface area contributed by atoms with Gasteiger partial charge in [0.25, 0.3) is 5.91 Å². The van der Waals surface area contributed by atoms with E-state index < -0.39 is 5.97 Å². The van der Waals surface area contributed by atoms with E-state index in [0.29, 0.717) is 30.8 Å². The minimum Gasteiger partial charge on any atom is -0.481 e. The normalized spacial score (nSPS) is 19.4. The van der Waals surface area contributed by atoms with Gasteiger partial charge in [0.1, 0.15) is 11.8 Å². The number of carbonyl (C=O) groups is 2. The van der Waals surface area contributed by atoms with Gasteiger partial charge in [0.05, 0.1) is 5.69 Å². The third-order valence-corrected chi connectivity index (χ3v) is 3.48. The van der Waals surface area contributed by atoms with Crippen LogP contribution in [0.3, 0.4) is 0 Å². The van der Waals surface area contributed by atoms with Crippen LogP contribution in [0.2, 0.25) is 0 Å². The summed E-state index contributed by atoms with van der Waals surface area (Å²) in [6, 6.07) is 0. The number of aromatic nitrogens is 1. The number of nitrogens with zero attached hydrogens (tertiary/aromatic N) is 2. The predicted octanol–water partition coefficient (Wildman–Crippen LogP) is 1.56. The number of carboxylic acid groups (broad SMARTS) is 1. The zero-order valence-electron chi connectivity index (χ0n) is 11.0. The van der Waals surface area contributed by atoms with Crippen molar-refractivity contribution in [1.82, 2.24) is 10.1 Å². The van der Waals surface area contributed by atoms with E-state index in [-0.39, 0.29) is 18.2 Å². The molecule has 6 nitrogen and oxygen atoms in total. The molecule has 0 aliphatic carbocycles. The van der Waals surface area contributed by atoms with Gasteiger partial charge in [0, 0.05) is 19.5 Å². The van der Waals surface area contributed by atoms with Crippen LogP contribution in [0.5, 0.6) is 0 Å². The van der Waals surface area contributed by atoms with Crippen molar-refractivity contribution in [2.45, 2.75) is 32.6 Å². The van der Waals surface area contributed by atoms with Gasteiger partial charge in [-0.1, -0.05) is 12.1 Å². The Morgan fingerprint density at radius 1 is 1.58 bits per heavy atom. The third kappa shape index (κ3) is 3.13. The second-order valence-corrected chi connectivity index (χ2v) is 4.89. The van der Waals surface area contributed by atoms with Gasteiger partial charge in [-0.3, -0.25) is 9.59 Å². The highest BCUT2D eigenvalue weighted by Crippen LogP contribution is 2.22. The highest BCUT2D eigenvalue weighted by Gasteiger charge is 2.28. The molecule has 0 saturated carbocycles. The van der Waals surface area contributed by atoms with Crippen LogP contribution in [0.4, 0.5) is 0 Å². The van der Waals surface area contributed by atoms with Crippen molar-refractivity contribution in [3.8, 4) is 0 Å². The van der Waals surface area contributed by atoms with Gasteiger partial charge in [0.15, 0.2) is 0 Å². The zero-order chi connectivity index (χ0) is 13.8. The Kier molecular flexibility index (Phi) is 4.19. The van der Waals surface area contributed by atoms with Crippen molar-refractivity contribution >= 4 is 11.9 Å². The Labute approximate surface area is 111 Å². The van der Waals surface area contributed by atoms with Crippen molar-refractivity contribution < 1.29 is 19.2 Å². The van der Waals surface area contributed by atoms with Crippen LogP contribution in [0.1, 0.15) is 42.2 Å². The first-order valence-electron chi connectivity index (χ1n) is 6.56. The molecule has 0 aromatic carbocycles. The summed E-state index contributed by atoms with van der Waals surface area (Å²) < 4.78 is 4.85. The quantitative estimate of drug-likeness (QED) is 0.894. The lowest BCUT2D eigenvalue weighted by Crippen LogP contribution is -2.40. The van der Waals surface area contributed by atoms with E-state index in [0.717, 1.165) is 12.8 Å². The Bertz CT molecular complexity index is 469. The summed E-state index contributed by atoms with van der Waals surface area (Å²) in [5, 5.41) is 12.6. The molecule has 1 fully saturated rings. The maximum Gasteiger partial charge on any atom is 0.303 e. The first-order valence-corrected chi connectivity index (χ1v) is 6.56. The van der Waals surface area contributed by atoms with Gasteiger partial charge >= 0.3 is 5.97 Å². The predicted molar refractivity (Wildman–Crippen MR) is 66.8 cm³/mol. The molecule has 1 amide bonds. The monoisotopic (exact) mass is 266 g/mol. The topological polar surface area (TPSA) is 83.6 Å². The number of piperidine rings is 1. The van der Waals surface area contributed by atoms with E-state index in [1.54, 1.807) is 4.90 Å². The maximum atomic E-state index is 12.4. The lowest BCUT2D eigenvalue weighted by molar-refractivity contribution is -0.138. The van der Waals surface area contributed by atoms with Crippen LogP contribution in [-0.4, -0.2) is 40.1 Å². The van der Waals surface area contributed by atoms with Crippen LogP contribution in [-0.2, 0) is 11.2 Å². The lowest BCUT2D eigenvalue weighted by atomic mass is 9.94. The molecule has 1 saturated heterocycles. The fourth-order valence-electron chi connectivity index (χ4n) is 2.52. The summed E-state index contributed by atoms with van der Waals surface area (Å²) in [5.74, 6) is -0.869. The average Bonchev–Trinajstić information content (AvgIpc) is 2.85. The Hall–Kier alpha value is -1.85.